The molecule has 1 heterocycles. The number of hydrogen-bond acceptors (Lipinski definition) is 7. The number of rotatable bonds is 6. The van der Waals surface area contributed by atoms with Crippen LogP contribution in [0.2, 0.25) is 0 Å². The van der Waals surface area contributed by atoms with E-state index >= 15 is 0 Å². The summed E-state index contributed by atoms with van der Waals surface area (Å²) in [6, 6.07) is 9.65. The highest BCUT2D eigenvalue weighted by Crippen LogP contribution is 2.18. The maximum Gasteiger partial charge on any atom is 0.233 e. The van der Waals surface area contributed by atoms with E-state index in [0.29, 0.717) is 23.3 Å². The van der Waals surface area contributed by atoms with Crippen molar-refractivity contribution < 1.29 is 4.79 Å². The summed E-state index contributed by atoms with van der Waals surface area (Å²) in [5.74, 6) is 0.834. The van der Waals surface area contributed by atoms with Crippen LogP contribution in [0.3, 0.4) is 0 Å². The standard InChI is InChI=1S/C15H19N5OS2/c1-20(8-10-3-5-11(22-2)6-4-10)14(21)9-23-15-18-12(16)7-13(17)19-15/h3-7H,8-9H2,1-2H3,(H4,16,17,18,19). The van der Waals surface area contributed by atoms with Gasteiger partial charge in [0.2, 0.25) is 5.91 Å². The predicted octanol–water partition coefficient (Wildman–Crippen LogP) is 2.11. The molecule has 0 bridgehead atoms. The summed E-state index contributed by atoms with van der Waals surface area (Å²) in [7, 11) is 1.78. The van der Waals surface area contributed by atoms with E-state index in [1.165, 1.54) is 22.7 Å². The topological polar surface area (TPSA) is 98.1 Å². The number of benzene rings is 1. The van der Waals surface area contributed by atoms with Gasteiger partial charge < -0.3 is 16.4 Å². The highest BCUT2D eigenvalue weighted by molar-refractivity contribution is 7.99. The molecule has 23 heavy (non-hydrogen) atoms. The average molecular weight is 349 g/mol. The zero-order chi connectivity index (χ0) is 16.8. The SMILES string of the molecule is CSc1ccc(CN(C)C(=O)CSc2nc(N)cc(N)n2)cc1. The van der Waals surface area contributed by atoms with Crippen LogP contribution in [-0.4, -0.2) is 39.8 Å². The first-order chi connectivity index (χ1) is 11.0. The van der Waals surface area contributed by atoms with Crippen molar-refractivity contribution in [1.29, 1.82) is 0 Å². The van der Waals surface area contributed by atoms with E-state index in [-0.39, 0.29) is 11.7 Å². The molecule has 122 valence electrons. The molecule has 1 aromatic heterocycles. The van der Waals surface area contributed by atoms with Crippen molar-refractivity contribution in [3.63, 3.8) is 0 Å². The molecule has 0 fully saturated rings. The molecule has 8 heteroatoms. The lowest BCUT2D eigenvalue weighted by molar-refractivity contribution is -0.127. The van der Waals surface area contributed by atoms with Crippen LogP contribution in [0.15, 0.2) is 40.4 Å². The second kappa shape index (κ2) is 8.07. The quantitative estimate of drug-likeness (QED) is 0.609. The number of anilines is 2. The van der Waals surface area contributed by atoms with E-state index in [1.807, 2.05) is 18.4 Å². The number of aromatic nitrogens is 2. The molecule has 0 saturated carbocycles. The Kier molecular flexibility index (Phi) is 6.12. The smallest absolute Gasteiger partial charge is 0.233 e. The fourth-order valence-electron chi connectivity index (χ4n) is 1.86. The van der Waals surface area contributed by atoms with E-state index < -0.39 is 0 Å². The second-order valence-corrected chi connectivity index (χ2v) is 6.71. The van der Waals surface area contributed by atoms with E-state index in [2.05, 4.69) is 22.1 Å². The Morgan fingerprint density at radius 3 is 2.35 bits per heavy atom. The van der Waals surface area contributed by atoms with Crippen molar-refractivity contribution in [2.45, 2.75) is 16.6 Å². The Bertz CT molecular complexity index is 658. The van der Waals surface area contributed by atoms with Gasteiger partial charge in [-0.3, -0.25) is 4.79 Å². The molecule has 0 unspecified atom stereocenters. The zero-order valence-corrected chi connectivity index (χ0v) is 14.7. The van der Waals surface area contributed by atoms with Gasteiger partial charge in [-0.2, -0.15) is 0 Å². The number of hydrogen-bond donors (Lipinski definition) is 2. The van der Waals surface area contributed by atoms with Crippen LogP contribution in [0.5, 0.6) is 0 Å². The lowest BCUT2D eigenvalue weighted by atomic mass is 10.2. The van der Waals surface area contributed by atoms with Gasteiger partial charge in [-0.05, 0) is 24.0 Å². The third-order valence-corrected chi connectivity index (χ3v) is 4.65. The van der Waals surface area contributed by atoms with Gasteiger partial charge in [0, 0.05) is 24.6 Å². The molecule has 2 rings (SSSR count). The van der Waals surface area contributed by atoms with Gasteiger partial charge in [0.05, 0.1) is 5.75 Å². The Labute approximate surface area is 144 Å². The van der Waals surface area contributed by atoms with Crippen molar-refractivity contribution >= 4 is 41.1 Å². The van der Waals surface area contributed by atoms with Gasteiger partial charge in [-0.15, -0.1) is 11.8 Å². The summed E-state index contributed by atoms with van der Waals surface area (Å²) in [4.78, 5) is 23.2. The van der Waals surface area contributed by atoms with Crippen LogP contribution in [-0.2, 0) is 11.3 Å². The number of nitrogens with zero attached hydrogens (tertiary/aromatic N) is 3. The highest BCUT2D eigenvalue weighted by atomic mass is 32.2. The molecule has 0 spiro atoms. The summed E-state index contributed by atoms with van der Waals surface area (Å²) in [5, 5.41) is 0.411. The average Bonchev–Trinajstić information content (AvgIpc) is 2.52. The summed E-state index contributed by atoms with van der Waals surface area (Å²) in [5.41, 5.74) is 12.3. The first-order valence-corrected chi connectivity index (χ1v) is 9.08. The van der Waals surface area contributed by atoms with Gasteiger partial charge in [-0.1, -0.05) is 23.9 Å². The van der Waals surface area contributed by atoms with Gasteiger partial charge in [0.25, 0.3) is 0 Å². The van der Waals surface area contributed by atoms with Crippen LogP contribution in [0.25, 0.3) is 0 Å². The molecule has 2 aromatic rings. The van der Waals surface area contributed by atoms with Crippen LogP contribution in [0.1, 0.15) is 5.56 Å². The summed E-state index contributed by atoms with van der Waals surface area (Å²) >= 11 is 2.92. The number of nitrogen functional groups attached to an aromatic ring is 2. The fraction of sp³-hybridized carbons (Fsp3) is 0.267. The number of thioether (sulfide) groups is 2. The minimum atomic E-state index is -0.00598. The molecule has 0 aliphatic carbocycles. The number of carbonyl (C=O) groups is 1. The second-order valence-electron chi connectivity index (χ2n) is 4.89. The van der Waals surface area contributed by atoms with Crippen LogP contribution < -0.4 is 11.5 Å². The minimum Gasteiger partial charge on any atom is -0.383 e. The molecule has 0 atom stereocenters. The van der Waals surface area contributed by atoms with Crippen molar-refractivity contribution in [2.24, 2.45) is 0 Å². The summed E-state index contributed by atoms with van der Waals surface area (Å²) in [6.07, 6.45) is 2.03. The Morgan fingerprint density at radius 2 is 1.78 bits per heavy atom. The Balaban J connectivity index is 1.89. The molecule has 1 aromatic carbocycles. The first-order valence-electron chi connectivity index (χ1n) is 6.87. The van der Waals surface area contributed by atoms with Crippen molar-refractivity contribution in [2.75, 3.05) is 30.5 Å². The summed E-state index contributed by atoms with van der Waals surface area (Å²) in [6.45, 7) is 0.563. The molecule has 0 radical (unpaired) electrons. The largest absolute Gasteiger partial charge is 0.383 e. The maximum absolute atomic E-state index is 12.2. The van der Waals surface area contributed by atoms with Crippen LogP contribution >= 0.6 is 23.5 Å². The van der Waals surface area contributed by atoms with Crippen molar-refractivity contribution in [3.8, 4) is 0 Å². The number of nitrogens with two attached hydrogens (primary N) is 2. The molecular formula is C15H19N5OS2. The van der Waals surface area contributed by atoms with Crippen molar-refractivity contribution in [1.82, 2.24) is 14.9 Å². The third kappa shape index (κ3) is 5.33. The summed E-state index contributed by atoms with van der Waals surface area (Å²) < 4.78 is 0. The molecule has 1 amide bonds. The molecule has 0 saturated heterocycles. The minimum absolute atomic E-state index is 0.00598. The molecular weight excluding hydrogens is 330 g/mol. The van der Waals surface area contributed by atoms with Crippen LogP contribution in [0, 0.1) is 0 Å². The molecule has 6 nitrogen and oxygen atoms in total. The Hall–Kier alpha value is -1.93. The normalized spacial score (nSPS) is 10.5. The van der Waals surface area contributed by atoms with E-state index in [9.17, 15) is 4.79 Å². The van der Waals surface area contributed by atoms with Gasteiger partial charge >= 0.3 is 0 Å². The molecule has 0 aliphatic rings. The van der Waals surface area contributed by atoms with Crippen molar-refractivity contribution in [3.05, 3.63) is 35.9 Å². The van der Waals surface area contributed by atoms with Gasteiger partial charge in [0.1, 0.15) is 11.6 Å². The highest BCUT2D eigenvalue weighted by Gasteiger charge is 2.11. The predicted molar refractivity (Wildman–Crippen MR) is 96.3 cm³/mol. The van der Waals surface area contributed by atoms with Gasteiger partial charge in [-0.25, -0.2) is 9.97 Å². The van der Waals surface area contributed by atoms with E-state index in [1.54, 1.807) is 23.7 Å². The molecule has 0 aliphatic heterocycles. The fourth-order valence-corrected chi connectivity index (χ4v) is 3.08. The van der Waals surface area contributed by atoms with E-state index in [4.69, 9.17) is 11.5 Å². The maximum atomic E-state index is 12.2. The third-order valence-electron chi connectivity index (χ3n) is 3.07. The van der Waals surface area contributed by atoms with Gasteiger partial charge in [0.15, 0.2) is 5.16 Å². The van der Waals surface area contributed by atoms with E-state index in [0.717, 1.165) is 5.56 Å². The number of carbonyl (C=O) groups excluding carboxylic acids is 1. The zero-order valence-electron chi connectivity index (χ0n) is 13.0. The van der Waals surface area contributed by atoms with Crippen LogP contribution in [0.4, 0.5) is 11.6 Å². The monoisotopic (exact) mass is 349 g/mol. The Morgan fingerprint density at radius 1 is 1.17 bits per heavy atom. The number of amides is 1. The lowest BCUT2D eigenvalue weighted by Crippen LogP contribution is -2.27. The first kappa shape index (κ1) is 17.4. The lowest BCUT2D eigenvalue weighted by Gasteiger charge is -2.17. The molecule has 4 N–H and O–H groups in total.